The van der Waals surface area contributed by atoms with Crippen LogP contribution >= 0.6 is 11.3 Å². The number of nitrogens with one attached hydrogen (secondary N) is 1. The van der Waals surface area contributed by atoms with E-state index in [1.807, 2.05) is 5.38 Å². The van der Waals surface area contributed by atoms with Gasteiger partial charge in [0.25, 0.3) is 0 Å². The first-order valence-electron chi connectivity index (χ1n) is 6.88. The number of carboxylic acid groups (broad SMARTS) is 1. The van der Waals surface area contributed by atoms with Crippen LogP contribution in [0.3, 0.4) is 0 Å². The molecule has 1 aromatic rings. The van der Waals surface area contributed by atoms with Gasteiger partial charge < -0.3 is 15.2 Å². The summed E-state index contributed by atoms with van der Waals surface area (Å²) in [5, 5.41) is 14.4. The molecule has 0 radical (unpaired) electrons. The summed E-state index contributed by atoms with van der Waals surface area (Å²) in [4.78, 5) is 27.2. The fourth-order valence-corrected chi connectivity index (χ4v) is 2.99. The van der Waals surface area contributed by atoms with Gasteiger partial charge in [-0.15, -0.1) is 11.3 Å². The monoisotopic (exact) mass is 312 g/mol. The van der Waals surface area contributed by atoms with Gasteiger partial charge in [-0.05, 0) is 12.8 Å². The van der Waals surface area contributed by atoms with Crippen LogP contribution in [0.15, 0.2) is 5.38 Å². The van der Waals surface area contributed by atoms with Gasteiger partial charge in [0, 0.05) is 10.8 Å². The van der Waals surface area contributed by atoms with Gasteiger partial charge >= 0.3 is 5.97 Å². The number of ether oxygens (including phenoxy) is 1. The molecule has 1 fully saturated rings. The Balaban J connectivity index is 1.85. The molecular formula is C14H20N2O4S. The molecule has 1 aliphatic rings. The highest BCUT2D eigenvalue weighted by atomic mass is 32.1. The summed E-state index contributed by atoms with van der Waals surface area (Å²) >= 11 is 1.51. The summed E-state index contributed by atoms with van der Waals surface area (Å²) in [6.45, 7) is 6.60. The van der Waals surface area contributed by atoms with Crippen molar-refractivity contribution in [3.63, 3.8) is 0 Å². The summed E-state index contributed by atoms with van der Waals surface area (Å²) in [7, 11) is 0. The van der Waals surface area contributed by atoms with E-state index in [9.17, 15) is 9.59 Å². The van der Waals surface area contributed by atoms with E-state index in [-0.39, 0.29) is 11.3 Å². The molecule has 7 heteroatoms. The Labute approximate surface area is 127 Å². The van der Waals surface area contributed by atoms with Crippen molar-refractivity contribution in [2.45, 2.75) is 57.8 Å². The third kappa shape index (κ3) is 4.01. The molecule has 116 valence electrons. The molecule has 0 bridgehead atoms. The van der Waals surface area contributed by atoms with Crippen LogP contribution in [0.5, 0.6) is 0 Å². The van der Waals surface area contributed by atoms with E-state index in [4.69, 9.17) is 9.84 Å². The standard InChI is InChI=1S/C14H20N2O4S/c1-14(2,3)10-7-21-11(16-10)6-15-12(17)8-4-5-9(20-8)13(18)19/h7-9H,4-6H2,1-3H3,(H,15,17)(H,18,19)/t8-,9+/m0/s1. The number of aliphatic carboxylic acids is 1. The molecule has 21 heavy (non-hydrogen) atoms. The Kier molecular flexibility index (Phi) is 4.63. The molecule has 0 aliphatic carbocycles. The topological polar surface area (TPSA) is 88.5 Å². The van der Waals surface area contributed by atoms with Gasteiger partial charge in [0.2, 0.25) is 5.91 Å². The molecule has 1 amide bonds. The Hall–Kier alpha value is -1.47. The third-order valence-corrected chi connectivity index (χ3v) is 4.17. The zero-order chi connectivity index (χ0) is 15.6. The fourth-order valence-electron chi connectivity index (χ4n) is 2.02. The number of carbonyl (C=O) groups excluding carboxylic acids is 1. The van der Waals surface area contributed by atoms with Crippen molar-refractivity contribution in [3.05, 3.63) is 16.1 Å². The van der Waals surface area contributed by atoms with E-state index < -0.39 is 18.2 Å². The van der Waals surface area contributed by atoms with E-state index in [1.165, 1.54) is 11.3 Å². The summed E-state index contributed by atoms with van der Waals surface area (Å²) in [5.41, 5.74) is 0.988. The molecule has 0 unspecified atom stereocenters. The van der Waals surface area contributed by atoms with E-state index in [1.54, 1.807) is 0 Å². The quantitative estimate of drug-likeness (QED) is 0.883. The SMILES string of the molecule is CC(C)(C)c1csc(CNC(=O)[C@@H]2CC[C@H](C(=O)O)O2)n1. The Bertz CT molecular complexity index is 535. The Morgan fingerprint density at radius 2 is 2.10 bits per heavy atom. The normalized spacial score (nSPS) is 22.2. The van der Waals surface area contributed by atoms with Crippen molar-refractivity contribution in [3.8, 4) is 0 Å². The second-order valence-electron chi connectivity index (χ2n) is 6.12. The second kappa shape index (κ2) is 6.11. The maximum absolute atomic E-state index is 11.9. The van der Waals surface area contributed by atoms with Gasteiger partial charge in [0.15, 0.2) is 6.10 Å². The lowest BCUT2D eigenvalue weighted by molar-refractivity contribution is -0.151. The van der Waals surface area contributed by atoms with Gasteiger partial charge in [0.05, 0.1) is 12.2 Å². The highest BCUT2D eigenvalue weighted by molar-refractivity contribution is 7.09. The van der Waals surface area contributed by atoms with Gasteiger partial charge in [0.1, 0.15) is 11.1 Å². The lowest BCUT2D eigenvalue weighted by atomic mass is 9.93. The smallest absolute Gasteiger partial charge is 0.332 e. The number of carboxylic acids is 1. The lowest BCUT2D eigenvalue weighted by Crippen LogP contribution is -2.35. The molecule has 1 saturated heterocycles. The van der Waals surface area contributed by atoms with Gasteiger partial charge in [-0.3, -0.25) is 4.79 Å². The first kappa shape index (κ1) is 15.9. The van der Waals surface area contributed by atoms with Gasteiger partial charge in [-0.2, -0.15) is 0 Å². The number of carbonyl (C=O) groups is 2. The van der Waals surface area contributed by atoms with E-state index in [0.717, 1.165) is 10.7 Å². The largest absolute Gasteiger partial charge is 0.479 e. The summed E-state index contributed by atoms with van der Waals surface area (Å²) < 4.78 is 5.20. The first-order chi connectivity index (χ1) is 9.77. The van der Waals surface area contributed by atoms with Crippen LogP contribution < -0.4 is 5.32 Å². The van der Waals surface area contributed by atoms with Crippen molar-refractivity contribution >= 4 is 23.2 Å². The molecular weight excluding hydrogens is 292 g/mol. The van der Waals surface area contributed by atoms with Gasteiger partial charge in [-0.25, -0.2) is 9.78 Å². The maximum atomic E-state index is 11.9. The highest BCUT2D eigenvalue weighted by Gasteiger charge is 2.34. The van der Waals surface area contributed by atoms with Crippen LogP contribution in [0.1, 0.15) is 44.3 Å². The number of hydrogen-bond donors (Lipinski definition) is 2. The average Bonchev–Trinajstić information content (AvgIpc) is 3.04. The van der Waals surface area contributed by atoms with E-state index >= 15 is 0 Å². The minimum Gasteiger partial charge on any atom is -0.479 e. The van der Waals surface area contributed by atoms with Crippen LogP contribution in [0.2, 0.25) is 0 Å². The number of amides is 1. The van der Waals surface area contributed by atoms with Crippen molar-refractivity contribution in [1.29, 1.82) is 0 Å². The van der Waals surface area contributed by atoms with Crippen LogP contribution in [-0.4, -0.2) is 34.2 Å². The number of aromatic nitrogens is 1. The Morgan fingerprint density at radius 3 is 2.62 bits per heavy atom. The Morgan fingerprint density at radius 1 is 1.43 bits per heavy atom. The minimum atomic E-state index is -1.01. The van der Waals surface area contributed by atoms with Crippen molar-refractivity contribution < 1.29 is 19.4 Å². The molecule has 1 aliphatic heterocycles. The molecule has 2 rings (SSSR count). The fraction of sp³-hybridized carbons (Fsp3) is 0.643. The summed E-state index contributed by atoms with van der Waals surface area (Å²) in [6, 6.07) is 0. The molecule has 0 spiro atoms. The molecule has 1 aromatic heterocycles. The first-order valence-corrected chi connectivity index (χ1v) is 7.76. The van der Waals surface area contributed by atoms with Crippen LogP contribution in [0, 0.1) is 0 Å². The molecule has 6 nitrogen and oxygen atoms in total. The number of rotatable bonds is 4. The van der Waals surface area contributed by atoms with Crippen LogP contribution in [0.4, 0.5) is 0 Å². The van der Waals surface area contributed by atoms with Crippen molar-refractivity contribution in [2.24, 2.45) is 0 Å². The lowest BCUT2D eigenvalue weighted by Gasteiger charge is -2.14. The van der Waals surface area contributed by atoms with Crippen LogP contribution in [-0.2, 0) is 26.3 Å². The highest BCUT2D eigenvalue weighted by Crippen LogP contribution is 2.24. The number of hydrogen-bond acceptors (Lipinski definition) is 5. The molecule has 2 N–H and O–H groups in total. The average molecular weight is 312 g/mol. The van der Waals surface area contributed by atoms with E-state index in [0.29, 0.717) is 19.4 Å². The van der Waals surface area contributed by atoms with Crippen molar-refractivity contribution in [1.82, 2.24) is 10.3 Å². The van der Waals surface area contributed by atoms with Crippen LogP contribution in [0.25, 0.3) is 0 Å². The predicted molar refractivity (Wildman–Crippen MR) is 78.2 cm³/mol. The number of nitrogens with zero attached hydrogens (tertiary/aromatic N) is 1. The molecule has 2 atom stereocenters. The predicted octanol–water partition coefficient (Wildman–Crippen LogP) is 1.69. The summed E-state index contributed by atoms with van der Waals surface area (Å²) in [5.74, 6) is -1.29. The molecule has 0 saturated carbocycles. The number of thiazole rings is 1. The van der Waals surface area contributed by atoms with Gasteiger partial charge in [-0.1, -0.05) is 20.8 Å². The maximum Gasteiger partial charge on any atom is 0.332 e. The summed E-state index contributed by atoms with van der Waals surface area (Å²) in [6.07, 6.45) is -0.728. The molecule has 0 aromatic carbocycles. The van der Waals surface area contributed by atoms with E-state index in [2.05, 4.69) is 31.1 Å². The third-order valence-electron chi connectivity index (χ3n) is 3.32. The van der Waals surface area contributed by atoms with Crippen molar-refractivity contribution in [2.75, 3.05) is 0 Å². The minimum absolute atomic E-state index is 0.0119. The molecule has 2 heterocycles. The zero-order valence-electron chi connectivity index (χ0n) is 12.4. The zero-order valence-corrected chi connectivity index (χ0v) is 13.2. The second-order valence-corrected chi connectivity index (χ2v) is 7.07.